The highest BCUT2D eigenvalue weighted by Gasteiger charge is 2.45. The van der Waals surface area contributed by atoms with Crippen molar-refractivity contribution in [1.82, 2.24) is 0 Å². The van der Waals surface area contributed by atoms with Crippen LogP contribution in [0.25, 0.3) is 0 Å². The Kier molecular flexibility index (Phi) is 4.38. The first-order valence-corrected chi connectivity index (χ1v) is 5.33. The maximum Gasteiger partial charge on any atom is 0.399 e. The predicted octanol–water partition coefficient (Wildman–Crippen LogP) is 0.590. The minimum absolute atomic E-state index is 0.0636. The summed E-state index contributed by atoms with van der Waals surface area (Å²) < 4.78 is 43.6. The van der Waals surface area contributed by atoms with Crippen LogP contribution in [-0.2, 0) is 4.74 Å². The third kappa shape index (κ3) is 4.17. The first kappa shape index (κ1) is 14.8. The standard InChI is InChI=1S/C12H12F3N3O/c1-7(17)4-11(18)19-10-3-2-8(6-16)5-9(10)12(13,14)15/h2-5,9-10,18H,17H2,1H3/p+1/b7-4-,18-11?. The fourth-order valence-corrected chi connectivity index (χ4v) is 1.55. The van der Waals surface area contributed by atoms with Crippen molar-refractivity contribution in [2.45, 2.75) is 19.2 Å². The smallest absolute Gasteiger partial charge is 0.399 e. The van der Waals surface area contributed by atoms with Gasteiger partial charge in [0.05, 0.1) is 12.1 Å². The lowest BCUT2D eigenvalue weighted by molar-refractivity contribution is -0.187. The highest BCUT2D eigenvalue weighted by molar-refractivity contribution is 5.82. The summed E-state index contributed by atoms with van der Waals surface area (Å²) in [7, 11) is 0. The number of halogens is 3. The number of nitrogens with two attached hydrogens (primary N) is 2. The molecule has 1 aliphatic rings. The molecule has 0 spiro atoms. The lowest BCUT2D eigenvalue weighted by Crippen LogP contribution is -2.45. The number of rotatable bonds is 2. The second-order valence-electron chi connectivity index (χ2n) is 4.03. The molecule has 4 nitrogen and oxygen atoms in total. The van der Waals surface area contributed by atoms with E-state index in [1.807, 2.05) is 0 Å². The summed E-state index contributed by atoms with van der Waals surface area (Å²) in [5.74, 6) is -2.13. The highest BCUT2D eigenvalue weighted by Crippen LogP contribution is 2.35. The van der Waals surface area contributed by atoms with Crippen molar-refractivity contribution in [3.8, 4) is 6.07 Å². The van der Waals surface area contributed by atoms with E-state index in [4.69, 9.17) is 21.1 Å². The van der Waals surface area contributed by atoms with Gasteiger partial charge in [0.1, 0.15) is 12.0 Å². The van der Waals surface area contributed by atoms with Crippen molar-refractivity contribution in [2.24, 2.45) is 11.7 Å². The number of hydrogen-bond donors (Lipinski definition) is 2. The number of alkyl halides is 3. The number of ether oxygens (including phenoxy) is 1. The zero-order valence-electron chi connectivity index (χ0n) is 10.1. The molecule has 19 heavy (non-hydrogen) atoms. The zero-order valence-corrected chi connectivity index (χ0v) is 10.1. The van der Waals surface area contributed by atoms with Crippen molar-refractivity contribution in [1.29, 1.82) is 5.26 Å². The first-order valence-electron chi connectivity index (χ1n) is 5.33. The van der Waals surface area contributed by atoms with Crippen LogP contribution in [-0.4, -0.2) is 18.2 Å². The van der Waals surface area contributed by atoms with E-state index in [9.17, 15) is 13.2 Å². The Morgan fingerprint density at radius 3 is 2.68 bits per heavy atom. The van der Waals surface area contributed by atoms with Crippen LogP contribution in [0.15, 0.2) is 35.6 Å². The van der Waals surface area contributed by atoms with E-state index >= 15 is 0 Å². The Labute approximate surface area is 108 Å². The molecule has 0 aromatic rings. The molecule has 2 unspecified atom stereocenters. The van der Waals surface area contributed by atoms with Crippen molar-refractivity contribution in [2.75, 3.05) is 0 Å². The van der Waals surface area contributed by atoms with Gasteiger partial charge in [0, 0.05) is 11.3 Å². The van der Waals surface area contributed by atoms with Crippen molar-refractivity contribution in [3.05, 3.63) is 35.6 Å². The van der Waals surface area contributed by atoms with Crippen LogP contribution < -0.4 is 11.1 Å². The molecule has 0 aromatic heterocycles. The van der Waals surface area contributed by atoms with Crippen LogP contribution in [0.3, 0.4) is 0 Å². The summed E-state index contributed by atoms with van der Waals surface area (Å²) in [6.45, 7) is 1.53. The number of hydrogen-bond acceptors (Lipinski definition) is 3. The molecule has 4 N–H and O–H groups in total. The summed E-state index contributed by atoms with van der Waals surface area (Å²) in [6, 6.07) is 1.66. The van der Waals surface area contributed by atoms with Crippen LogP contribution >= 0.6 is 0 Å². The average Bonchev–Trinajstić information content (AvgIpc) is 2.26. The van der Waals surface area contributed by atoms with E-state index in [0.717, 1.165) is 12.2 Å². The molecule has 1 aliphatic carbocycles. The topological polar surface area (TPSA) is 84.6 Å². The molecule has 102 valence electrons. The summed E-state index contributed by atoms with van der Waals surface area (Å²) in [5.41, 5.74) is 5.60. The van der Waals surface area contributed by atoms with Gasteiger partial charge in [-0.25, -0.2) is 5.41 Å². The lowest BCUT2D eigenvalue weighted by Gasteiger charge is -2.26. The monoisotopic (exact) mass is 272 g/mol. The molecular weight excluding hydrogens is 259 g/mol. The summed E-state index contributed by atoms with van der Waals surface area (Å²) >= 11 is 0. The SMILES string of the molecule is C/C(N)=C/C(=[NH2+])OC1C=CC(C#N)=CC1C(F)(F)F. The van der Waals surface area contributed by atoms with Crippen LogP contribution in [0, 0.1) is 17.2 Å². The molecular formula is C12H13F3N3O+. The molecule has 0 aliphatic heterocycles. The summed E-state index contributed by atoms with van der Waals surface area (Å²) in [5, 5.41) is 14.1. The van der Waals surface area contributed by atoms with Crippen molar-refractivity contribution < 1.29 is 23.3 Å². The van der Waals surface area contributed by atoms with Gasteiger partial charge >= 0.3 is 12.1 Å². The van der Waals surface area contributed by atoms with Gasteiger partial charge in [0.25, 0.3) is 0 Å². The van der Waals surface area contributed by atoms with Gasteiger partial charge in [-0.05, 0) is 19.1 Å². The maximum atomic E-state index is 12.9. The molecule has 1 rings (SSSR count). The van der Waals surface area contributed by atoms with E-state index in [0.29, 0.717) is 5.70 Å². The molecule has 7 heteroatoms. The van der Waals surface area contributed by atoms with Crippen molar-refractivity contribution in [3.63, 3.8) is 0 Å². The van der Waals surface area contributed by atoms with Crippen LogP contribution in [0.5, 0.6) is 0 Å². The molecule has 0 saturated carbocycles. The van der Waals surface area contributed by atoms with E-state index < -0.39 is 18.2 Å². The molecule has 0 bridgehead atoms. The molecule has 0 radical (unpaired) electrons. The van der Waals surface area contributed by atoms with Crippen molar-refractivity contribution >= 4 is 5.90 Å². The third-order valence-electron chi connectivity index (χ3n) is 2.33. The number of nitrogens with zero attached hydrogens (tertiary/aromatic N) is 1. The van der Waals surface area contributed by atoms with Gasteiger partial charge in [-0.2, -0.15) is 18.4 Å². The Morgan fingerprint density at radius 2 is 2.21 bits per heavy atom. The minimum Gasteiger partial charge on any atom is -0.436 e. The van der Waals surface area contributed by atoms with Gasteiger partial charge in [0.15, 0.2) is 0 Å². The molecule has 0 heterocycles. The number of allylic oxidation sites excluding steroid dienone is 3. The quantitative estimate of drug-likeness (QED) is 0.570. The molecule has 0 fully saturated rings. The normalized spacial score (nSPS) is 23.5. The van der Waals surface area contributed by atoms with Gasteiger partial charge in [0.2, 0.25) is 0 Å². The second kappa shape index (κ2) is 5.61. The third-order valence-corrected chi connectivity index (χ3v) is 2.33. The first-order chi connectivity index (χ1) is 8.74. The zero-order chi connectivity index (χ0) is 14.6. The maximum absolute atomic E-state index is 12.9. The summed E-state index contributed by atoms with van der Waals surface area (Å²) in [4.78, 5) is 0. The molecule has 0 saturated heterocycles. The van der Waals surface area contributed by atoms with E-state index in [1.54, 1.807) is 6.07 Å². The van der Waals surface area contributed by atoms with Crippen LogP contribution in [0.2, 0.25) is 0 Å². The molecule has 0 amide bonds. The van der Waals surface area contributed by atoms with Crippen LogP contribution in [0.1, 0.15) is 6.92 Å². The molecule has 0 aromatic carbocycles. The van der Waals surface area contributed by atoms with Gasteiger partial charge in [-0.3, -0.25) is 0 Å². The molecule has 2 atom stereocenters. The fraction of sp³-hybridized carbons (Fsp3) is 0.333. The Balaban J connectivity index is 2.92. The Hall–Kier alpha value is -2.23. The average molecular weight is 272 g/mol. The fourth-order valence-electron chi connectivity index (χ4n) is 1.55. The highest BCUT2D eigenvalue weighted by atomic mass is 19.4. The van der Waals surface area contributed by atoms with E-state index in [2.05, 4.69) is 0 Å². The Morgan fingerprint density at radius 1 is 1.58 bits per heavy atom. The van der Waals surface area contributed by atoms with E-state index in [1.165, 1.54) is 19.1 Å². The lowest BCUT2D eigenvalue weighted by atomic mass is 9.93. The van der Waals surface area contributed by atoms with E-state index in [-0.39, 0.29) is 11.5 Å². The predicted molar refractivity (Wildman–Crippen MR) is 62.1 cm³/mol. The van der Waals surface area contributed by atoms with Gasteiger partial charge in [-0.1, -0.05) is 6.08 Å². The van der Waals surface area contributed by atoms with Crippen LogP contribution in [0.4, 0.5) is 13.2 Å². The minimum atomic E-state index is -4.53. The largest absolute Gasteiger partial charge is 0.436 e. The second-order valence-corrected chi connectivity index (χ2v) is 4.03. The van der Waals surface area contributed by atoms with Gasteiger partial charge < -0.3 is 10.5 Å². The Bertz CT molecular complexity index is 493. The summed E-state index contributed by atoms with van der Waals surface area (Å²) in [6.07, 6.45) is -1.38. The number of nitriles is 1. The van der Waals surface area contributed by atoms with Gasteiger partial charge in [-0.15, -0.1) is 0 Å².